The van der Waals surface area contributed by atoms with Crippen LogP contribution in [0.2, 0.25) is 0 Å². The van der Waals surface area contributed by atoms with Crippen LogP contribution in [0.4, 0.5) is 57.8 Å². The number of hydrogen-bond acceptors (Lipinski definition) is 15. The minimum atomic E-state index is -4.82. The average molecular weight is 1170 g/mol. The summed E-state index contributed by atoms with van der Waals surface area (Å²) in [6.07, 6.45) is -14.8. The maximum absolute atomic E-state index is 12.6. The summed E-state index contributed by atoms with van der Waals surface area (Å²) in [5, 5.41) is 14.1. The number of aldehydes is 1. The monoisotopic (exact) mass is 1170 g/mol. The molecule has 0 atom stereocenters. The van der Waals surface area contributed by atoms with E-state index in [0.717, 1.165) is 36.4 Å². The van der Waals surface area contributed by atoms with Gasteiger partial charge in [-0.3, -0.25) is 34.5 Å². The van der Waals surface area contributed by atoms with Gasteiger partial charge < -0.3 is 24.1 Å². The van der Waals surface area contributed by atoms with E-state index in [1.807, 2.05) is 0 Å². The van der Waals surface area contributed by atoms with E-state index in [9.17, 15) is 81.8 Å². The topological polar surface area (TPSA) is 219 Å². The lowest BCUT2D eigenvalue weighted by Gasteiger charge is -2.10. The minimum Gasteiger partial charge on any atom is -0.478 e. The Kier molecular flexibility index (Phi) is 19.6. The number of ether oxygens (including phenoxy) is 4. The van der Waals surface area contributed by atoms with Crippen LogP contribution in [-0.4, -0.2) is 85.2 Å². The van der Waals surface area contributed by atoms with Gasteiger partial charge in [0.05, 0.1) is 45.9 Å². The van der Waals surface area contributed by atoms with Crippen LogP contribution in [0.1, 0.15) is 48.4 Å². The van der Waals surface area contributed by atoms with Crippen molar-refractivity contribution in [2.24, 2.45) is 0 Å². The lowest BCUT2D eigenvalue weighted by molar-refractivity contribution is -0.275. The van der Waals surface area contributed by atoms with E-state index in [0.29, 0.717) is 38.5 Å². The highest BCUT2D eigenvalue weighted by Gasteiger charge is 2.34. The molecular formula is C53H32F12N6O10S. The van der Waals surface area contributed by atoms with Gasteiger partial charge in [-0.25, -0.2) is 19.7 Å². The van der Waals surface area contributed by atoms with Crippen molar-refractivity contribution < 1.29 is 101 Å². The number of aromatic carboxylic acids is 1. The van der Waals surface area contributed by atoms with Crippen molar-refractivity contribution in [3.63, 3.8) is 0 Å². The maximum Gasteiger partial charge on any atom is 0.573 e. The molecule has 0 spiro atoms. The first-order valence-corrected chi connectivity index (χ1v) is 23.3. The van der Waals surface area contributed by atoms with Gasteiger partial charge >= 0.3 is 31.4 Å². The van der Waals surface area contributed by atoms with Gasteiger partial charge in [-0.15, -0.1) is 64.0 Å². The Hall–Kier alpha value is -10.1. The van der Waals surface area contributed by atoms with E-state index in [1.54, 1.807) is 41.9 Å². The lowest BCUT2D eigenvalue weighted by atomic mass is 10.1. The Balaban J connectivity index is 0.000000184. The number of carbonyl (C=O) groups excluding carboxylic acids is 4. The van der Waals surface area contributed by atoms with Crippen LogP contribution in [0.3, 0.4) is 0 Å². The summed E-state index contributed by atoms with van der Waals surface area (Å²) in [6, 6.07) is 29.4. The molecule has 3 heterocycles. The number of hydrogen-bond donors (Lipinski definition) is 2. The van der Waals surface area contributed by atoms with E-state index in [1.165, 1.54) is 97.4 Å². The second-order valence-electron chi connectivity index (χ2n) is 15.8. The third-order valence-corrected chi connectivity index (χ3v) is 10.6. The Bertz CT molecular complexity index is 3750. The fraction of sp³-hybridized carbons (Fsp3) is 0.0943. The molecule has 1 amide bonds. The molecule has 0 aliphatic carbocycles. The molecular weight excluding hydrogens is 1140 g/mol. The number of halogens is 12. The molecule has 9 rings (SSSR count). The lowest BCUT2D eigenvalue weighted by Crippen LogP contribution is -2.17. The highest BCUT2D eigenvalue weighted by atomic mass is 32.1. The van der Waals surface area contributed by atoms with Crippen LogP contribution in [0.25, 0.3) is 44.6 Å². The third kappa shape index (κ3) is 18.8. The van der Waals surface area contributed by atoms with Crippen molar-refractivity contribution >= 4 is 68.3 Å². The number of carboxylic acid groups (broad SMARTS) is 1. The minimum absolute atomic E-state index is 0.0205. The SMILES string of the molecule is CC(=O)c1cccc(OC(F)(F)F)c1.O=C(Nc1nccs1)c1cccc2ncc(-c3cccc(OC(F)(F)F)c3)nc12.O=C(O)c1cccc2ncc(-c3cccc(OC(F)(F)F)c3)nc12.O=CC(=O)c1cccc(OC(F)(F)F)c1. The van der Waals surface area contributed by atoms with E-state index in [-0.39, 0.29) is 57.0 Å². The number of ketones is 2. The molecule has 82 heavy (non-hydrogen) atoms. The molecule has 16 nitrogen and oxygen atoms in total. The van der Waals surface area contributed by atoms with Gasteiger partial charge in [0, 0.05) is 33.8 Å². The van der Waals surface area contributed by atoms with Crippen molar-refractivity contribution in [2.45, 2.75) is 32.4 Å². The smallest absolute Gasteiger partial charge is 0.478 e. The predicted octanol–water partition coefficient (Wildman–Crippen LogP) is 13.6. The molecule has 3 aromatic heterocycles. The van der Waals surface area contributed by atoms with Gasteiger partial charge in [-0.05, 0) is 79.7 Å². The van der Waals surface area contributed by atoms with Gasteiger partial charge in [0.15, 0.2) is 17.2 Å². The quantitative estimate of drug-likeness (QED) is 0.0503. The van der Waals surface area contributed by atoms with Crippen LogP contribution < -0.4 is 24.3 Å². The highest BCUT2D eigenvalue weighted by molar-refractivity contribution is 7.13. The van der Waals surface area contributed by atoms with Crippen LogP contribution in [-0.2, 0) is 4.79 Å². The number of amides is 1. The molecule has 2 N–H and O–H groups in total. The van der Waals surface area contributed by atoms with E-state index >= 15 is 0 Å². The summed E-state index contributed by atoms with van der Waals surface area (Å²) in [5.41, 5.74) is 2.85. The second kappa shape index (κ2) is 26.3. The van der Waals surface area contributed by atoms with Crippen molar-refractivity contribution in [2.75, 3.05) is 5.32 Å². The number of benzene rings is 6. The van der Waals surface area contributed by atoms with Crippen molar-refractivity contribution in [3.05, 3.63) is 180 Å². The Labute approximate surface area is 455 Å². The predicted molar refractivity (Wildman–Crippen MR) is 267 cm³/mol. The number of rotatable bonds is 12. The number of aromatic nitrogens is 5. The second-order valence-corrected chi connectivity index (χ2v) is 16.7. The fourth-order valence-electron chi connectivity index (χ4n) is 6.68. The molecule has 0 aliphatic heterocycles. The molecule has 0 radical (unpaired) electrons. The summed E-state index contributed by atoms with van der Waals surface area (Å²) in [5.74, 6) is -4.46. The first-order chi connectivity index (χ1) is 38.5. The zero-order valence-electron chi connectivity index (χ0n) is 40.9. The fourth-order valence-corrected chi connectivity index (χ4v) is 7.21. The van der Waals surface area contributed by atoms with Crippen LogP contribution in [0.5, 0.6) is 23.0 Å². The van der Waals surface area contributed by atoms with Crippen LogP contribution >= 0.6 is 11.3 Å². The summed E-state index contributed by atoms with van der Waals surface area (Å²) in [6.45, 7) is 1.27. The Morgan fingerprint density at radius 3 is 1.34 bits per heavy atom. The molecule has 0 bridgehead atoms. The van der Waals surface area contributed by atoms with E-state index < -0.39 is 54.6 Å². The first-order valence-electron chi connectivity index (χ1n) is 22.4. The van der Waals surface area contributed by atoms with Gasteiger partial charge in [-0.2, -0.15) is 0 Å². The molecule has 0 fully saturated rings. The standard InChI is InChI=1S/C19H11F3N4O2S.C16H9F3N2O3.C9H5F3O3.C9H7F3O2/c20-19(21,22)28-12-4-1-3-11(9-12)15-10-24-14-6-2-5-13(16(14)25-15)17(27)26-18-23-7-8-29-18;17-16(18,19)24-10-4-1-3-9(7-10)13-8-20-12-6-2-5-11(15(22)23)14(12)21-13;10-9(11,12)15-7-3-1-2-6(4-7)8(14)5-13;1-6(13)7-3-2-4-8(5-7)14-9(10,11)12/h1-10H,(H,23,26,27);1-8H,(H,22,23);1-5H;2-5H,1H3. The number of nitrogens with zero attached hydrogens (tertiary/aromatic N) is 5. The molecule has 9 aromatic rings. The largest absolute Gasteiger partial charge is 0.573 e. The van der Waals surface area contributed by atoms with Crippen molar-refractivity contribution in [1.29, 1.82) is 0 Å². The molecule has 424 valence electrons. The van der Waals surface area contributed by atoms with Gasteiger partial charge in [0.2, 0.25) is 5.78 Å². The number of alkyl halides is 12. The molecule has 6 aromatic carbocycles. The zero-order valence-corrected chi connectivity index (χ0v) is 41.7. The number of fused-ring (bicyclic) bond motifs is 2. The molecule has 0 saturated carbocycles. The van der Waals surface area contributed by atoms with Crippen LogP contribution in [0, 0.1) is 0 Å². The molecule has 29 heteroatoms. The number of nitrogens with one attached hydrogen (secondary N) is 1. The molecule has 0 unspecified atom stereocenters. The van der Waals surface area contributed by atoms with Crippen LogP contribution in [0.15, 0.2) is 157 Å². The number of para-hydroxylation sites is 2. The number of Topliss-reactive ketones (excluding diaryl/α,β-unsaturated/α-hetero) is 2. The highest BCUT2D eigenvalue weighted by Crippen LogP contribution is 2.31. The Morgan fingerprint density at radius 2 is 0.927 bits per heavy atom. The summed E-state index contributed by atoms with van der Waals surface area (Å²) in [7, 11) is 0. The summed E-state index contributed by atoms with van der Waals surface area (Å²) in [4.78, 5) is 76.7. The zero-order chi connectivity index (χ0) is 60.0. The number of thiazole rings is 1. The van der Waals surface area contributed by atoms with Crippen molar-refractivity contribution in [3.8, 4) is 45.5 Å². The van der Waals surface area contributed by atoms with E-state index in [4.69, 9.17) is 0 Å². The van der Waals surface area contributed by atoms with E-state index in [2.05, 4.69) is 49.2 Å². The summed E-state index contributed by atoms with van der Waals surface area (Å²) < 4.78 is 160. The first kappa shape index (κ1) is 61.2. The van der Waals surface area contributed by atoms with Gasteiger partial charge in [0.1, 0.15) is 34.0 Å². The van der Waals surface area contributed by atoms with Gasteiger partial charge in [-0.1, -0.05) is 60.7 Å². The third-order valence-electron chi connectivity index (χ3n) is 9.93. The number of carbonyl (C=O) groups is 5. The Morgan fingerprint density at radius 1 is 0.524 bits per heavy atom. The average Bonchev–Trinajstić information content (AvgIpc) is 3.95. The normalized spacial score (nSPS) is 11.3. The molecule has 0 aliphatic rings. The molecule has 0 saturated heterocycles. The summed E-state index contributed by atoms with van der Waals surface area (Å²) >= 11 is 1.27. The van der Waals surface area contributed by atoms with Crippen molar-refractivity contribution in [1.82, 2.24) is 24.9 Å². The number of carboxylic acids is 1. The van der Waals surface area contributed by atoms with Gasteiger partial charge in [0.25, 0.3) is 5.91 Å². The number of anilines is 1. The maximum atomic E-state index is 12.6.